The van der Waals surface area contributed by atoms with Crippen molar-refractivity contribution >= 4 is 0 Å². The maximum Gasteiger partial charge on any atom is 0.217 e. The van der Waals surface area contributed by atoms with Crippen LogP contribution in [-0.4, -0.2) is 9.97 Å². The summed E-state index contributed by atoms with van der Waals surface area (Å²) in [5.41, 5.74) is 3.96. The molecule has 3 aromatic rings. The molecule has 0 bridgehead atoms. The zero-order valence-electron chi connectivity index (χ0n) is 13.8. The number of nitrogens with zero attached hydrogens (tertiary/aromatic N) is 2. The van der Waals surface area contributed by atoms with Gasteiger partial charge in [-0.15, -0.1) is 0 Å². The Hall–Kier alpha value is -2.75. The molecule has 0 saturated heterocycles. The lowest BCUT2D eigenvalue weighted by atomic mass is 10.2. The van der Waals surface area contributed by atoms with Gasteiger partial charge in [0.1, 0.15) is 12.4 Å². The Morgan fingerprint density at radius 1 is 0.958 bits per heavy atom. The quantitative estimate of drug-likeness (QED) is 0.681. The SMILES string of the molecule is CCc1cc(OCc2ccc(C)cc2)nc(-c2ccc(F)cc2)n1. The molecule has 1 aromatic heterocycles. The topological polar surface area (TPSA) is 35.0 Å². The highest BCUT2D eigenvalue weighted by Gasteiger charge is 2.08. The Morgan fingerprint density at radius 3 is 2.33 bits per heavy atom. The van der Waals surface area contributed by atoms with E-state index in [0.29, 0.717) is 18.3 Å². The van der Waals surface area contributed by atoms with E-state index in [9.17, 15) is 4.39 Å². The minimum absolute atomic E-state index is 0.277. The highest BCUT2D eigenvalue weighted by Crippen LogP contribution is 2.20. The molecule has 3 nitrogen and oxygen atoms in total. The minimum Gasteiger partial charge on any atom is -0.473 e. The van der Waals surface area contributed by atoms with Crippen LogP contribution < -0.4 is 4.74 Å². The molecule has 0 spiro atoms. The van der Waals surface area contributed by atoms with Crippen molar-refractivity contribution in [3.05, 3.63) is 77.2 Å². The summed E-state index contributed by atoms with van der Waals surface area (Å²) in [4.78, 5) is 8.96. The average molecular weight is 322 g/mol. The van der Waals surface area contributed by atoms with Crippen LogP contribution in [-0.2, 0) is 13.0 Å². The van der Waals surface area contributed by atoms with Gasteiger partial charge in [-0.25, -0.2) is 9.37 Å². The number of ether oxygens (including phenoxy) is 1. The summed E-state index contributed by atoms with van der Waals surface area (Å²) in [6.45, 7) is 4.53. The van der Waals surface area contributed by atoms with Crippen LogP contribution in [0.2, 0.25) is 0 Å². The normalized spacial score (nSPS) is 10.6. The van der Waals surface area contributed by atoms with Crippen LogP contribution in [0, 0.1) is 12.7 Å². The summed E-state index contributed by atoms with van der Waals surface area (Å²) in [7, 11) is 0. The van der Waals surface area contributed by atoms with Gasteiger partial charge in [-0.05, 0) is 43.2 Å². The van der Waals surface area contributed by atoms with Crippen molar-refractivity contribution in [2.24, 2.45) is 0 Å². The van der Waals surface area contributed by atoms with Crippen molar-refractivity contribution in [1.29, 1.82) is 0 Å². The van der Waals surface area contributed by atoms with Crippen molar-refractivity contribution in [3.8, 4) is 17.3 Å². The molecule has 0 aliphatic heterocycles. The molecule has 0 N–H and O–H groups in total. The summed E-state index contributed by atoms with van der Waals surface area (Å²) in [6.07, 6.45) is 0.775. The van der Waals surface area contributed by atoms with Crippen molar-refractivity contribution in [3.63, 3.8) is 0 Å². The van der Waals surface area contributed by atoms with Gasteiger partial charge >= 0.3 is 0 Å². The number of hydrogen-bond acceptors (Lipinski definition) is 3. The highest BCUT2D eigenvalue weighted by atomic mass is 19.1. The van der Waals surface area contributed by atoms with Crippen LogP contribution in [0.25, 0.3) is 11.4 Å². The molecule has 0 saturated carbocycles. The number of benzene rings is 2. The van der Waals surface area contributed by atoms with Crippen LogP contribution in [0.3, 0.4) is 0 Å². The Balaban J connectivity index is 1.83. The Labute approximate surface area is 141 Å². The molecule has 0 unspecified atom stereocenters. The second-order valence-corrected chi connectivity index (χ2v) is 5.66. The summed E-state index contributed by atoms with van der Waals surface area (Å²) >= 11 is 0. The smallest absolute Gasteiger partial charge is 0.217 e. The van der Waals surface area contributed by atoms with Crippen molar-refractivity contribution in [2.75, 3.05) is 0 Å². The third kappa shape index (κ3) is 3.96. The first kappa shape index (κ1) is 16.1. The minimum atomic E-state index is -0.277. The average Bonchev–Trinajstić information content (AvgIpc) is 2.61. The van der Waals surface area contributed by atoms with E-state index < -0.39 is 0 Å². The van der Waals surface area contributed by atoms with Crippen molar-refractivity contribution < 1.29 is 9.13 Å². The van der Waals surface area contributed by atoms with Crippen LogP contribution in [0.1, 0.15) is 23.7 Å². The number of hydrogen-bond donors (Lipinski definition) is 0. The number of rotatable bonds is 5. The van der Waals surface area contributed by atoms with Crippen LogP contribution in [0.5, 0.6) is 5.88 Å². The van der Waals surface area contributed by atoms with Gasteiger partial charge in [0.2, 0.25) is 5.88 Å². The van der Waals surface area contributed by atoms with Crippen molar-refractivity contribution in [1.82, 2.24) is 9.97 Å². The molecule has 0 aliphatic carbocycles. The standard InChI is InChI=1S/C20H19FN2O/c1-3-18-12-19(24-13-15-6-4-14(2)5-7-15)23-20(22-18)16-8-10-17(21)11-9-16/h4-12H,3,13H2,1-2H3. The fourth-order valence-corrected chi connectivity index (χ4v) is 2.30. The van der Waals surface area contributed by atoms with E-state index in [0.717, 1.165) is 23.2 Å². The largest absolute Gasteiger partial charge is 0.473 e. The van der Waals surface area contributed by atoms with E-state index >= 15 is 0 Å². The van der Waals surface area contributed by atoms with E-state index in [1.807, 2.05) is 25.1 Å². The zero-order chi connectivity index (χ0) is 16.9. The van der Waals surface area contributed by atoms with Gasteiger partial charge in [0.05, 0.1) is 0 Å². The summed E-state index contributed by atoms with van der Waals surface area (Å²) < 4.78 is 18.9. The lowest BCUT2D eigenvalue weighted by Gasteiger charge is -2.09. The highest BCUT2D eigenvalue weighted by molar-refractivity contribution is 5.55. The van der Waals surface area contributed by atoms with Gasteiger partial charge in [-0.3, -0.25) is 0 Å². The molecule has 0 fully saturated rings. The number of halogens is 1. The summed E-state index contributed by atoms with van der Waals surface area (Å²) in [5, 5.41) is 0. The molecule has 0 atom stereocenters. The molecular formula is C20H19FN2O. The summed E-state index contributed by atoms with van der Waals surface area (Å²) in [5.74, 6) is 0.802. The van der Waals surface area contributed by atoms with E-state index in [4.69, 9.17) is 4.74 Å². The number of aromatic nitrogens is 2. The molecule has 2 aromatic carbocycles. The number of aryl methyl sites for hydroxylation is 2. The first-order valence-electron chi connectivity index (χ1n) is 7.96. The van der Waals surface area contributed by atoms with Crippen LogP contribution in [0.15, 0.2) is 54.6 Å². The van der Waals surface area contributed by atoms with Gasteiger partial charge in [-0.1, -0.05) is 36.8 Å². The molecular weight excluding hydrogens is 303 g/mol. The van der Waals surface area contributed by atoms with Crippen LogP contribution in [0.4, 0.5) is 4.39 Å². The first-order valence-corrected chi connectivity index (χ1v) is 7.96. The third-order valence-corrected chi connectivity index (χ3v) is 3.73. The van der Waals surface area contributed by atoms with E-state index in [1.54, 1.807) is 12.1 Å². The third-order valence-electron chi connectivity index (χ3n) is 3.73. The first-order chi connectivity index (χ1) is 11.6. The van der Waals surface area contributed by atoms with Gasteiger partial charge in [0.15, 0.2) is 5.82 Å². The molecule has 1 heterocycles. The molecule has 3 rings (SSSR count). The van der Waals surface area contributed by atoms with Gasteiger partial charge in [0, 0.05) is 17.3 Å². The van der Waals surface area contributed by atoms with E-state index in [1.165, 1.54) is 17.7 Å². The van der Waals surface area contributed by atoms with E-state index in [-0.39, 0.29) is 5.82 Å². The van der Waals surface area contributed by atoms with Crippen LogP contribution >= 0.6 is 0 Å². The predicted octanol–water partition coefficient (Wildman–Crippen LogP) is 4.73. The van der Waals surface area contributed by atoms with E-state index in [2.05, 4.69) is 29.0 Å². The molecule has 0 amide bonds. The second-order valence-electron chi connectivity index (χ2n) is 5.66. The second kappa shape index (κ2) is 7.21. The molecule has 24 heavy (non-hydrogen) atoms. The molecule has 122 valence electrons. The molecule has 0 aliphatic rings. The van der Waals surface area contributed by atoms with Crippen molar-refractivity contribution in [2.45, 2.75) is 26.9 Å². The Kier molecular flexibility index (Phi) is 4.85. The molecule has 0 radical (unpaired) electrons. The fraction of sp³-hybridized carbons (Fsp3) is 0.200. The lowest BCUT2D eigenvalue weighted by Crippen LogP contribution is -2.02. The molecule has 4 heteroatoms. The zero-order valence-corrected chi connectivity index (χ0v) is 13.8. The van der Waals surface area contributed by atoms with Gasteiger partial charge in [0.25, 0.3) is 0 Å². The monoisotopic (exact) mass is 322 g/mol. The maximum absolute atomic E-state index is 13.1. The summed E-state index contributed by atoms with van der Waals surface area (Å²) in [6, 6.07) is 16.2. The Bertz CT molecular complexity index is 814. The van der Waals surface area contributed by atoms with Gasteiger partial charge in [-0.2, -0.15) is 4.98 Å². The van der Waals surface area contributed by atoms with Gasteiger partial charge < -0.3 is 4.74 Å². The fourth-order valence-electron chi connectivity index (χ4n) is 2.30. The predicted molar refractivity (Wildman–Crippen MR) is 92.3 cm³/mol. The lowest BCUT2D eigenvalue weighted by molar-refractivity contribution is 0.293. The maximum atomic E-state index is 13.1. The Morgan fingerprint density at radius 2 is 1.67 bits per heavy atom.